The minimum atomic E-state index is -0.0221. The van der Waals surface area contributed by atoms with E-state index in [-0.39, 0.29) is 23.8 Å². The van der Waals surface area contributed by atoms with Crippen molar-refractivity contribution in [3.05, 3.63) is 48.7 Å². The van der Waals surface area contributed by atoms with Crippen molar-refractivity contribution in [2.45, 2.75) is 25.5 Å². The normalized spacial score (nSPS) is 26.8. The van der Waals surface area contributed by atoms with E-state index in [1.54, 1.807) is 24.9 Å². The number of nitrogens with one attached hydrogen (secondary N) is 1. The largest absolute Gasteiger partial charge is 0.472 e. The van der Waals surface area contributed by atoms with Crippen molar-refractivity contribution in [1.29, 1.82) is 0 Å². The molecule has 0 radical (unpaired) electrons. The van der Waals surface area contributed by atoms with E-state index in [2.05, 4.69) is 15.2 Å². The number of carbonyl (C=O) groups excluding carboxylic acids is 1. The lowest BCUT2D eigenvalue weighted by atomic mass is 9.79. The SMILES string of the molecule is O=C(Nc1cccnc1)[C@@H]1CCO[C@@H]2CCN(Cc3ccoc3)C[C@H]21. The molecule has 2 aromatic rings. The number of amides is 1. The standard InChI is InChI=1S/C19H23N3O3/c23-19(21-15-2-1-6-20-10-15)16-5-9-25-18-3-7-22(12-17(16)18)11-14-4-8-24-13-14/h1-2,4,6,8,10,13,16-18H,3,5,7,9,11-12H2,(H,21,23)/t16-,17+,18-/m1/s1. The predicted molar refractivity (Wildman–Crippen MR) is 92.8 cm³/mol. The van der Waals surface area contributed by atoms with Crippen LogP contribution < -0.4 is 5.32 Å². The van der Waals surface area contributed by atoms with Crippen LogP contribution in [-0.2, 0) is 16.1 Å². The van der Waals surface area contributed by atoms with Gasteiger partial charge in [0, 0.05) is 49.8 Å². The Morgan fingerprint density at radius 1 is 1.36 bits per heavy atom. The van der Waals surface area contributed by atoms with Gasteiger partial charge in [-0.25, -0.2) is 0 Å². The van der Waals surface area contributed by atoms with Crippen molar-refractivity contribution in [3.63, 3.8) is 0 Å². The number of ether oxygens (including phenoxy) is 1. The summed E-state index contributed by atoms with van der Waals surface area (Å²) in [7, 11) is 0. The molecule has 2 saturated heterocycles. The minimum absolute atomic E-state index is 0.0221. The summed E-state index contributed by atoms with van der Waals surface area (Å²) in [6.07, 6.45) is 8.80. The number of anilines is 1. The molecule has 2 fully saturated rings. The first kappa shape index (κ1) is 16.3. The highest BCUT2D eigenvalue weighted by molar-refractivity contribution is 5.92. The summed E-state index contributed by atoms with van der Waals surface area (Å²) in [5.74, 6) is 0.286. The van der Waals surface area contributed by atoms with E-state index in [0.29, 0.717) is 6.61 Å². The van der Waals surface area contributed by atoms with Crippen LogP contribution in [0.25, 0.3) is 0 Å². The van der Waals surface area contributed by atoms with E-state index in [4.69, 9.17) is 9.15 Å². The van der Waals surface area contributed by atoms with Gasteiger partial charge in [-0.1, -0.05) is 0 Å². The summed E-state index contributed by atoms with van der Waals surface area (Å²) in [5.41, 5.74) is 1.92. The number of aromatic nitrogens is 1. The predicted octanol–water partition coefficient (Wildman–Crippen LogP) is 2.54. The molecule has 2 aliphatic rings. The van der Waals surface area contributed by atoms with Crippen LogP contribution in [-0.4, -0.2) is 41.6 Å². The molecule has 1 N–H and O–H groups in total. The van der Waals surface area contributed by atoms with Crippen LogP contribution in [0.1, 0.15) is 18.4 Å². The number of pyridine rings is 1. The first-order chi connectivity index (χ1) is 12.3. The second kappa shape index (κ2) is 7.37. The van der Waals surface area contributed by atoms with E-state index in [0.717, 1.165) is 38.2 Å². The van der Waals surface area contributed by atoms with Crippen LogP contribution in [0.4, 0.5) is 5.69 Å². The maximum Gasteiger partial charge on any atom is 0.228 e. The van der Waals surface area contributed by atoms with Crippen molar-refractivity contribution < 1.29 is 13.9 Å². The Bertz CT molecular complexity index is 689. The fourth-order valence-electron chi connectivity index (χ4n) is 3.97. The van der Waals surface area contributed by atoms with Gasteiger partial charge in [-0.05, 0) is 31.0 Å². The third kappa shape index (κ3) is 3.75. The van der Waals surface area contributed by atoms with Crippen molar-refractivity contribution >= 4 is 11.6 Å². The molecule has 4 heterocycles. The highest BCUT2D eigenvalue weighted by Gasteiger charge is 2.41. The Balaban J connectivity index is 1.43. The van der Waals surface area contributed by atoms with E-state index >= 15 is 0 Å². The van der Waals surface area contributed by atoms with Gasteiger partial charge in [0.15, 0.2) is 0 Å². The topological polar surface area (TPSA) is 67.6 Å². The zero-order valence-electron chi connectivity index (χ0n) is 14.1. The molecule has 1 amide bonds. The average Bonchev–Trinajstić information content (AvgIpc) is 3.15. The molecule has 2 aliphatic heterocycles. The molecule has 0 spiro atoms. The number of likely N-dealkylation sites (tertiary alicyclic amines) is 1. The van der Waals surface area contributed by atoms with Gasteiger partial charge in [0.25, 0.3) is 0 Å². The van der Waals surface area contributed by atoms with E-state index < -0.39 is 0 Å². The molecule has 3 atom stereocenters. The highest BCUT2D eigenvalue weighted by atomic mass is 16.5. The number of piperidine rings is 1. The molecule has 0 bridgehead atoms. The smallest absolute Gasteiger partial charge is 0.228 e. The number of furan rings is 1. The van der Waals surface area contributed by atoms with Crippen molar-refractivity contribution in [2.24, 2.45) is 11.8 Å². The Labute approximate surface area is 147 Å². The van der Waals surface area contributed by atoms with Crippen LogP contribution in [0.3, 0.4) is 0 Å². The summed E-state index contributed by atoms with van der Waals surface area (Å²) in [6, 6.07) is 5.69. The molecule has 2 aromatic heterocycles. The lowest BCUT2D eigenvalue weighted by Crippen LogP contribution is -2.52. The number of fused-ring (bicyclic) bond motifs is 1. The molecule has 0 aliphatic carbocycles. The zero-order valence-corrected chi connectivity index (χ0v) is 14.1. The molecule has 0 unspecified atom stereocenters. The van der Waals surface area contributed by atoms with Gasteiger partial charge in [0.05, 0.1) is 30.5 Å². The van der Waals surface area contributed by atoms with Crippen molar-refractivity contribution in [1.82, 2.24) is 9.88 Å². The Morgan fingerprint density at radius 3 is 3.12 bits per heavy atom. The van der Waals surface area contributed by atoms with Gasteiger partial charge in [-0.3, -0.25) is 14.7 Å². The lowest BCUT2D eigenvalue weighted by Gasteiger charge is -2.44. The first-order valence-corrected chi connectivity index (χ1v) is 8.85. The second-order valence-corrected chi connectivity index (χ2v) is 6.85. The molecular weight excluding hydrogens is 318 g/mol. The monoisotopic (exact) mass is 341 g/mol. The fraction of sp³-hybridized carbons (Fsp3) is 0.474. The molecular formula is C19H23N3O3. The third-order valence-electron chi connectivity index (χ3n) is 5.21. The van der Waals surface area contributed by atoms with E-state index in [1.165, 1.54) is 5.56 Å². The molecule has 6 heteroatoms. The maximum atomic E-state index is 12.8. The quantitative estimate of drug-likeness (QED) is 0.926. The second-order valence-electron chi connectivity index (χ2n) is 6.85. The summed E-state index contributed by atoms with van der Waals surface area (Å²) in [4.78, 5) is 19.3. The van der Waals surface area contributed by atoms with Crippen molar-refractivity contribution in [2.75, 3.05) is 25.0 Å². The summed E-state index contributed by atoms with van der Waals surface area (Å²) < 4.78 is 11.1. The number of rotatable bonds is 4. The van der Waals surface area contributed by atoms with Gasteiger partial charge >= 0.3 is 0 Å². The average molecular weight is 341 g/mol. The lowest BCUT2D eigenvalue weighted by molar-refractivity contribution is -0.137. The fourth-order valence-corrected chi connectivity index (χ4v) is 3.97. The molecule has 6 nitrogen and oxygen atoms in total. The molecule has 25 heavy (non-hydrogen) atoms. The van der Waals surface area contributed by atoms with Crippen LogP contribution >= 0.6 is 0 Å². The van der Waals surface area contributed by atoms with Crippen LogP contribution in [0.5, 0.6) is 0 Å². The van der Waals surface area contributed by atoms with Gasteiger partial charge in [-0.2, -0.15) is 0 Å². The van der Waals surface area contributed by atoms with Crippen LogP contribution in [0, 0.1) is 11.8 Å². The van der Waals surface area contributed by atoms with Crippen LogP contribution in [0.15, 0.2) is 47.5 Å². The Morgan fingerprint density at radius 2 is 2.32 bits per heavy atom. The summed E-state index contributed by atoms with van der Waals surface area (Å²) in [6.45, 7) is 3.38. The molecule has 132 valence electrons. The van der Waals surface area contributed by atoms with Gasteiger partial charge in [0.2, 0.25) is 5.91 Å². The minimum Gasteiger partial charge on any atom is -0.472 e. The van der Waals surface area contributed by atoms with Gasteiger partial charge in [-0.15, -0.1) is 0 Å². The maximum absolute atomic E-state index is 12.8. The Kier molecular flexibility index (Phi) is 4.81. The zero-order chi connectivity index (χ0) is 17.1. The summed E-state index contributed by atoms with van der Waals surface area (Å²) >= 11 is 0. The molecule has 4 rings (SSSR count). The number of hydrogen-bond donors (Lipinski definition) is 1. The van der Waals surface area contributed by atoms with E-state index in [9.17, 15) is 4.79 Å². The number of hydrogen-bond acceptors (Lipinski definition) is 5. The molecule has 0 aromatic carbocycles. The van der Waals surface area contributed by atoms with Crippen LogP contribution in [0.2, 0.25) is 0 Å². The first-order valence-electron chi connectivity index (χ1n) is 8.85. The van der Waals surface area contributed by atoms with Crippen molar-refractivity contribution in [3.8, 4) is 0 Å². The number of carbonyl (C=O) groups is 1. The third-order valence-corrected chi connectivity index (χ3v) is 5.21. The van der Waals surface area contributed by atoms with E-state index in [1.807, 2.05) is 18.2 Å². The highest BCUT2D eigenvalue weighted by Crippen LogP contribution is 2.34. The molecule has 0 saturated carbocycles. The van der Waals surface area contributed by atoms with Gasteiger partial charge in [0.1, 0.15) is 0 Å². The van der Waals surface area contributed by atoms with Gasteiger partial charge < -0.3 is 14.5 Å². The number of nitrogens with zero attached hydrogens (tertiary/aromatic N) is 2. The Hall–Kier alpha value is -2.18. The summed E-state index contributed by atoms with van der Waals surface area (Å²) in [5, 5.41) is 3.01.